The Bertz CT molecular complexity index is 602. The Morgan fingerprint density at radius 3 is 2.33 bits per heavy atom. The lowest BCUT2D eigenvalue weighted by Gasteiger charge is -2.61. The van der Waals surface area contributed by atoms with Crippen molar-refractivity contribution in [2.24, 2.45) is 46.3 Å². The summed E-state index contributed by atoms with van der Waals surface area (Å²) in [4.78, 5) is 0. The molecule has 27 heavy (non-hydrogen) atoms. The third kappa shape index (κ3) is 3.24. The predicted molar refractivity (Wildman–Crippen MR) is 103 cm³/mol. The molecule has 4 aliphatic rings. The van der Waals surface area contributed by atoms with Gasteiger partial charge in [0, 0.05) is 12.3 Å². The minimum absolute atomic E-state index is 0.144. The Kier molecular flexibility index (Phi) is 4.88. The molecule has 0 aliphatic heterocycles. The van der Waals surface area contributed by atoms with E-state index in [1.54, 1.807) is 0 Å². The Morgan fingerprint density at radius 2 is 1.63 bits per heavy atom. The van der Waals surface area contributed by atoms with E-state index in [1.165, 1.54) is 38.5 Å². The van der Waals surface area contributed by atoms with E-state index in [4.69, 9.17) is 6.42 Å². The maximum Gasteiger partial charge on any atom is 0.389 e. The highest BCUT2D eigenvalue weighted by atomic mass is 19.4. The van der Waals surface area contributed by atoms with Crippen molar-refractivity contribution in [2.75, 3.05) is 0 Å². The van der Waals surface area contributed by atoms with Gasteiger partial charge in [-0.05, 0) is 105 Å². The van der Waals surface area contributed by atoms with Gasteiger partial charge in [-0.3, -0.25) is 0 Å². The van der Waals surface area contributed by atoms with Crippen molar-refractivity contribution in [1.82, 2.24) is 0 Å². The first-order valence-corrected chi connectivity index (χ1v) is 11.2. The summed E-state index contributed by atoms with van der Waals surface area (Å²) in [5.41, 5.74) is 0.563. The average Bonchev–Trinajstić information content (AvgIpc) is 2.95. The van der Waals surface area contributed by atoms with Gasteiger partial charge in [-0.2, -0.15) is 13.2 Å². The quantitative estimate of drug-likeness (QED) is 0.443. The van der Waals surface area contributed by atoms with Crippen LogP contribution in [-0.4, -0.2) is 6.18 Å². The maximum atomic E-state index is 12.8. The molecule has 0 bridgehead atoms. The SMILES string of the molecule is C#C[C@H]1CCC2(C)C(CCC3C2CC[C@]2(C)C(CCC(F)(F)F)CCC32)C1. The Morgan fingerprint density at radius 1 is 0.926 bits per heavy atom. The van der Waals surface area contributed by atoms with E-state index in [9.17, 15) is 13.2 Å². The monoisotopic (exact) mass is 380 g/mol. The molecule has 4 aliphatic carbocycles. The minimum atomic E-state index is -4.01. The number of fused-ring (bicyclic) bond motifs is 5. The summed E-state index contributed by atoms with van der Waals surface area (Å²) in [5.74, 6) is 6.67. The molecule has 0 nitrogen and oxygen atoms in total. The van der Waals surface area contributed by atoms with Crippen molar-refractivity contribution in [2.45, 2.75) is 90.7 Å². The number of hydrogen-bond acceptors (Lipinski definition) is 0. The standard InChI is InChI=1S/C24H35F3/c1-4-16-9-12-23(3)18(15-16)5-7-19-20-8-6-17(10-14-24(25,26)27)22(20,2)13-11-21(19)23/h1,16-21H,5-15H2,2-3H3/t16-,17?,18?,19?,20?,21?,22+,23?/m0/s1. The molecule has 152 valence electrons. The zero-order valence-corrected chi connectivity index (χ0v) is 17.0. The number of alkyl halides is 3. The van der Waals surface area contributed by atoms with Crippen LogP contribution in [0.1, 0.15) is 84.5 Å². The molecule has 8 atom stereocenters. The summed E-state index contributed by atoms with van der Waals surface area (Å²) < 4.78 is 38.4. The summed E-state index contributed by atoms with van der Waals surface area (Å²) in [6.45, 7) is 4.87. The highest BCUT2D eigenvalue weighted by molar-refractivity contribution is 5.10. The second-order valence-electron chi connectivity index (χ2n) is 10.8. The van der Waals surface area contributed by atoms with Gasteiger partial charge in [0.1, 0.15) is 0 Å². The summed E-state index contributed by atoms with van der Waals surface area (Å²) in [6.07, 6.45) is 12.2. The molecule has 3 heteroatoms. The number of hydrogen-bond donors (Lipinski definition) is 0. The van der Waals surface area contributed by atoms with E-state index in [0.29, 0.717) is 23.7 Å². The van der Waals surface area contributed by atoms with Gasteiger partial charge in [0.05, 0.1) is 0 Å². The van der Waals surface area contributed by atoms with Gasteiger partial charge in [-0.25, -0.2) is 0 Å². The van der Waals surface area contributed by atoms with Crippen LogP contribution < -0.4 is 0 Å². The number of halogens is 3. The van der Waals surface area contributed by atoms with Gasteiger partial charge in [0.25, 0.3) is 0 Å². The lowest BCUT2D eigenvalue weighted by atomic mass is 9.44. The molecular weight excluding hydrogens is 345 g/mol. The van der Waals surface area contributed by atoms with Gasteiger partial charge < -0.3 is 0 Å². The average molecular weight is 381 g/mol. The van der Waals surface area contributed by atoms with Crippen LogP contribution in [0.15, 0.2) is 0 Å². The van der Waals surface area contributed by atoms with Crippen molar-refractivity contribution in [3.05, 3.63) is 0 Å². The molecule has 0 saturated heterocycles. The van der Waals surface area contributed by atoms with Crippen LogP contribution in [0, 0.1) is 58.7 Å². The summed E-state index contributed by atoms with van der Waals surface area (Å²) in [6, 6.07) is 0. The van der Waals surface area contributed by atoms with Gasteiger partial charge >= 0.3 is 6.18 Å². The topological polar surface area (TPSA) is 0 Å². The summed E-state index contributed by atoms with van der Waals surface area (Å²) in [5, 5.41) is 0. The molecule has 0 radical (unpaired) electrons. The molecule has 0 aromatic carbocycles. The molecule has 0 spiro atoms. The van der Waals surface area contributed by atoms with Crippen molar-refractivity contribution >= 4 is 0 Å². The van der Waals surface area contributed by atoms with Crippen LogP contribution in [0.2, 0.25) is 0 Å². The first-order valence-electron chi connectivity index (χ1n) is 11.2. The van der Waals surface area contributed by atoms with Crippen molar-refractivity contribution in [1.29, 1.82) is 0 Å². The zero-order valence-electron chi connectivity index (χ0n) is 17.0. The molecule has 0 heterocycles. The minimum Gasteiger partial charge on any atom is -0.171 e. The lowest BCUT2D eigenvalue weighted by Crippen LogP contribution is -2.53. The molecule has 4 saturated carbocycles. The van der Waals surface area contributed by atoms with E-state index in [0.717, 1.165) is 37.0 Å². The molecule has 0 amide bonds. The van der Waals surface area contributed by atoms with Crippen molar-refractivity contribution in [3.8, 4) is 12.3 Å². The van der Waals surface area contributed by atoms with Crippen LogP contribution in [0.4, 0.5) is 13.2 Å². The largest absolute Gasteiger partial charge is 0.389 e. The van der Waals surface area contributed by atoms with E-state index in [2.05, 4.69) is 19.8 Å². The molecule has 0 N–H and O–H groups in total. The van der Waals surface area contributed by atoms with Gasteiger partial charge in [0.15, 0.2) is 0 Å². The van der Waals surface area contributed by atoms with Crippen LogP contribution in [0.3, 0.4) is 0 Å². The smallest absolute Gasteiger partial charge is 0.171 e. The molecule has 0 aromatic heterocycles. The third-order valence-corrected chi connectivity index (χ3v) is 9.87. The van der Waals surface area contributed by atoms with E-state index >= 15 is 0 Å². The maximum absolute atomic E-state index is 12.8. The molecular formula is C24H35F3. The fourth-order valence-corrected chi connectivity index (χ4v) is 8.33. The zero-order chi connectivity index (χ0) is 19.4. The van der Waals surface area contributed by atoms with Gasteiger partial charge in [0.2, 0.25) is 0 Å². The Labute approximate surface area is 163 Å². The number of terminal acetylenes is 1. The second kappa shape index (κ2) is 6.70. The molecule has 6 unspecified atom stereocenters. The van der Waals surface area contributed by atoms with E-state index in [1.807, 2.05) is 0 Å². The van der Waals surface area contributed by atoms with Crippen molar-refractivity contribution in [3.63, 3.8) is 0 Å². The summed E-state index contributed by atoms with van der Waals surface area (Å²) in [7, 11) is 0. The lowest BCUT2D eigenvalue weighted by molar-refractivity contribution is -0.144. The van der Waals surface area contributed by atoms with Crippen LogP contribution >= 0.6 is 0 Å². The van der Waals surface area contributed by atoms with Crippen LogP contribution in [0.5, 0.6) is 0 Å². The number of rotatable bonds is 2. The molecule has 4 rings (SSSR count). The van der Waals surface area contributed by atoms with Gasteiger partial charge in [-0.15, -0.1) is 12.3 Å². The second-order valence-corrected chi connectivity index (χ2v) is 10.8. The fourth-order valence-electron chi connectivity index (χ4n) is 8.33. The predicted octanol–water partition coefficient (Wildman–Crippen LogP) is 7.24. The van der Waals surface area contributed by atoms with E-state index in [-0.39, 0.29) is 11.3 Å². The molecule has 0 aromatic rings. The Balaban J connectivity index is 1.50. The van der Waals surface area contributed by atoms with Crippen molar-refractivity contribution < 1.29 is 13.2 Å². The summed E-state index contributed by atoms with van der Waals surface area (Å²) >= 11 is 0. The van der Waals surface area contributed by atoms with Gasteiger partial charge in [-0.1, -0.05) is 13.8 Å². The normalized spacial score (nSPS) is 49.6. The van der Waals surface area contributed by atoms with Crippen LogP contribution in [0.25, 0.3) is 0 Å². The highest BCUT2D eigenvalue weighted by Crippen LogP contribution is 2.68. The first-order chi connectivity index (χ1) is 12.7. The Hall–Kier alpha value is -0.650. The first kappa shape index (κ1) is 19.7. The highest BCUT2D eigenvalue weighted by Gasteiger charge is 2.60. The fraction of sp³-hybridized carbons (Fsp3) is 0.917. The van der Waals surface area contributed by atoms with Crippen LogP contribution in [-0.2, 0) is 0 Å². The van der Waals surface area contributed by atoms with E-state index < -0.39 is 12.6 Å². The third-order valence-electron chi connectivity index (χ3n) is 9.87. The molecule has 4 fully saturated rings.